The molecule has 2 rings (SSSR count). The summed E-state index contributed by atoms with van der Waals surface area (Å²) in [6.45, 7) is -0.108. The normalized spacial score (nSPS) is 12.1. The maximum atomic E-state index is 12.0. The van der Waals surface area contributed by atoms with Crippen LogP contribution in [0.1, 0.15) is 15.2 Å². The Bertz CT molecular complexity index is 541. The van der Waals surface area contributed by atoms with Crippen LogP contribution in [0.2, 0.25) is 5.02 Å². The molecule has 0 saturated heterocycles. The molecule has 0 unspecified atom stereocenters. The maximum Gasteiger partial charge on any atom is 0.263 e. The minimum atomic E-state index is -0.312. The number of benzene rings is 1. The highest BCUT2D eigenvalue weighted by atomic mass is 35.5. The van der Waals surface area contributed by atoms with E-state index in [0.717, 1.165) is 5.56 Å². The van der Waals surface area contributed by atoms with Gasteiger partial charge in [-0.2, -0.15) is 0 Å². The fourth-order valence-electron chi connectivity index (χ4n) is 1.77. The van der Waals surface area contributed by atoms with Gasteiger partial charge in [0.25, 0.3) is 5.91 Å². The Hall–Kier alpha value is -1.36. The van der Waals surface area contributed by atoms with Crippen LogP contribution >= 0.6 is 22.9 Å². The first-order chi connectivity index (χ1) is 9.20. The van der Waals surface area contributed by atoms with Gasteiger partial charge in [0.15, 0.2) is 0 Å². The molecule has 2 aromatic rings. The number of aliphatic hydroxyl groups is 1. The van der Waals surface area contributed by atoms with Crippen molar-refractivity contribution in [2.45, 2.75) is 12.5 Å². The van der Waals surface area contributed by atoms with Crippen molar-refractivity contribution in [2.24, 2.45) is 0 Å². The van der Waals surface area contributed by atoms with Gasteiger partial charge in [-0.3, -0.25) is 4.79 Å². The van der Waals surface area contributed by atoms with E-state index in [1.807, 2.05) is 30.3 Å². The molecule has 1 aromatic carbocycles. The van der Waals surface area contributed by atoms with Gasteiger partial charge in [-0.15, -0.1) is 11.3 Å². The molecule has 100 valence electrons. The first-order valence-electron chi connectivity index (χ1n) is 5.89. The number of thiophene rings is 1. The zero-order valence-electron chi connectivity index (χ0n) is 10.2. The highest BCUT2D eigenvalue weighted by molar-refractivity contribution is 7.12. The number of nitrogens with one attached hydrogen (secondary N) is 1. The highest BCUT2D eigenvalue weighted by Crippen LogP contribution is 2.21. The van der Waals surface area contributed by atoms with E-state index in [1.54, 1.807) is 11.4 Å². The summed E-state index contributed by atoms with van der Waals surface area (Å²) in [6, 6.07) is 11.1. The van der Waals surface area contributed by atoms with Crippen LogP contribution in [0.3, 0.4) is 0 Å². The van der Waals surface area contributed by atoms with E-state index in [0.29, 0.717) is 16.3 Å². The Morgan fingerprint density at radius 1 is 1.32 bits per heavy atom. The molecular formula is C14H14ClNO2S. The van der Waals surface area contributed by atoms with Crippen LogP contribution in [0.4, 0.5) is 0 Å². The first-order valence-corrected chi connectivity index (χ1v) is 7.15. The number of rotatable bonds is 5. The predicted molar refractivity (Wildman–Crippen MR) is 77.8 cm³/mol. The second kappa shape index (κ2) is 6.70. The summed E-state index contributed by atoms with van der Waals surface area (Å²) < 4.78 is 0. The number of amides is 1. The van der Waals surface area contributed by atoms with Gasteiger partial charge in [0, 0.05) is 0 Å². The van der Waals surface area contributed by atoms with Crippen molar-refractivity contribution >= 4 is 28.8 Å². The molecule has 0 aliphatic heterocycles. The lowest BCUT2D eigenvalue weighted by Crippen LogP contribution is -2.38. The van der Waals surface area contributed by atoms with Crippen LogP contribution in [0.5, 0.6) is 0 Å². The molecule has 5 heteroatoms. The van der Waals surface area contributed by atoms with Crippen LogP contribution in [0, 0.1) is 0 Å². The molecule has 3 nitrogen and oxygen atoms in total. The summed E-state index contributed by atoms with van der Waals surface area (Å²) in [6.07, 6.45) is 0.589. The van der Waals surface area contributed by atoms with Gasteiger partial charge in [-0.05, 0) is 23.4 Å². The highest BCUT2D eigenvalue weighted by Gasteiger charge is 2.16. The largest absolute Gasteiger partial charge is 0.394 e. The monoisotopic (exact) mass is 295 g/mol. The fourth-order valence-corrected chi connectivity index (χ4v) is 2.81. The Labute approximate surface area is 120 Å². The quantitative estimate of drug-likeness (QED) is 0.891. The molecule has 0 fully saturated rings. The molecule has 0 aliphatic carbocycles. The van der Waals surface area contributed by atoms with Gasteiger partial charge in [0.05, 0.1) is 17.7 Å². The first kappa shape index (κ1) is 14.1. The predicted octanol–water partition coefficient (Wildman–Crippen LogP) is 2.73. The second-order valence-electron chi connectivity index (χ2n) is 4.14. The lowest BCUT2D eigenvalue weighted by molar-refractivity contribution is 0.0921. The molecule has 1 amide bonds. The summed E-state index contributed by atoms with van der Waals surface area (Å²) >= 11 is 7.20. The third kappa shape index (κ3) is 3.80. The molecule has 19 heavy (non-hydrogen) atoms. The van der Waals surface area contributed by atoms with E-state index in [9.17, 15) is 9.90 Å². The maximum absolute atomic E-state index is 12.0. The van der Waals surface area contributed by atoms with Crippen LogP contribution in [-0.4, -0.2) is 23.7 Å². The zero-order chi connectivity index (χ0) is 13.7. The number of hydrogen-bond acceptors (Lipinski definition) is 3. The van der Waals surface area contributed by atoms with Crippen molar-refractivity contribution in [2.75, 3.05) is 6.61 Å². The van der Waals surface area contributed by atoms with Crippen LogP contribution in [-0.2, 0) is 6.42 Å². The van der Waals surface area contributed by atoms with Gasteiger partial charge in [-0.25, -0.2) is 0 Å². The van der Waals surface area contributed by atoms with Gasteiger partial charge >= 0.3 is 0 Å². The van der Waals surface area contributed by atoms with Crippen LogP contribution in [0.15, 0.2) is 41.8 Å². The van der Waals surface area contributed by atoms with Gasteiger partial charge in [0.2, 0.25) is 0 Å². The fraction of sp³-hybridized carbons (Fsp3) is 0.214. The molecule has 0 bridgehead atoms. The van der Waals surface area contributed by atoms with Crippen molar-refractivity contribution in [3.05, 3.63) is 57.2 Å². The van der Waals surface area contributed by atoms with Crippen molar-refractivity contribution in [3.8, 4) is 0 Å². The summed E-state index contributed by atoms with van der Waals surface area (Å²) in [5, 5.41) is 14.4. The molecule has 0 radical (unpaired) electrons. The van der Waals surface area contributed by atoms with Crippen molar-refractivity contribution in [1.82, 2.24) is 5.32 Å². The number of halogens is 1. The third-order valence-corrected chi connectivity index (χ3v) is 4.04. The number of carbonyl (C=O) groups excluding carboxylic acids is 1. The summed E-state index contributed by atoms with van der Waals surface area (Å²) in [5.41, 5.74) is 1.07. The summed E-state index contributed by atoms with van der Waals surface area (Å²) in [7, 11) is 0. The molecule has 0 spiro atoms. The van der Waals surface area contributed by atoms with E-state index in [2.05, 4.69) is 5.32 Å². The van der Waals surface area contributed by atoms with Crippen LogP contribution in [0.25, 0.3) is 0 Å². The minimum absolute atomic E-state index is 0.108. The van der Waals surface area contributed by atoms with E-state index in [-0.39, 0.29) is 18.6 Å². The number of aliphatic hydroxyl groups excluding tert-OH is 1. The molecule has 1 aromatic heterocycles. The van der Waals surface area contributed by atoms with Gasteiger partial charge < -0.3 is 10.4 Å². The lowest BCUT2D eigenvalue weighted by atomic mass is 10.1. The van der Waals surface area contributed by atoms with E-state index in [1.165, 1.54) is 11.3 Å². The smallest absolute Gasteiger partial charge is 0.263 e. The van der Waals surface area contributed by atoms with E-state index >= 15 is 0 Å². The van der Waals surface area contributed by atoms with E-state index < -0.39 is 0 Å². The van der Waals surface area contributed by atoms with Crippen molar-refractivity contribution in [3.63, 3.8) is 0 Å². The second-order valence-corrected chi connectivity index (χ2v) is 5.46. The molecule has 1 heterocycles. The standard InChI is InChI=1S/C14H14ClNO2S/c15-12-6-7-19-13(12)14(18)16-11(9-17)8-10-4-2-1-3-5-10/h1-7,11,17H,8-9H2,(H,16,18)/t11-/m0/s1. The molecular weight excluding hydrogens is 282 g/mol. The SMILES string of the molecule is O=C(N[C@H](CO)Cc1ccccc1)c1sccc1Cl. The third-order valence-electron chi connectivity index (χ3n) is 2.70. The average molecular weight is 296 g/mol. The Kier molecular flexibility index (Phi) is 4.96. The lowest BCUT2D eigenvalue weighted by Gasteiger charge is -2.16. The molecule has 2 N–H and O–H groups in total. The summed E-state index contributed by atoms with van der Waals surface area (Å²) in [5.74, 6) is -0.241. The Morgan fingerprint density at radius 2 is 2.05 bits per heavy atom. The van der Waals surface area contributed by atoms with Crippen LogP contribution < -0.4 is 5.32 Å². The minimum Gasteiger partial charge on any atom is -0.394 e. The Balaban J connectivity index is 2.00. The number of hydrogen-bond donors (Lipinski definition) is 2. The number of carbonyl (C=O) groups is 1. The molecule has 0 saturated carbocycles. The molecule has 0 aliphatic rings. The topological polar surface area (TPSA) is 49.3 Å². The van der Waals surface area contributed by atoms with Gasteiger partial charge in [0.1, 0.15) is 4.88 Å². The molecule has 1 atom stereocenters. The van der Waals surface area contributed by atoms with Gasteiger partial charge in [-0.1, -0.05) is 41.9 Å². The Morgan fingerprint density at radius 3 is 2.63 bits per heavy atom. The van der Waals surface area contributed by atoms with Crippen molar-refractivity contribution in [1.29, 1.82) is 0 Å². The summed E-state index contributed by atoms with van der Waals surface area (Å²) in [4.78, 5) is 12.5. The van der Waals surface area contributed by atoms with Crippen molar-refractivity contribution < 1.29 is 9.90 Å². The van der Waals surface area contributed by atoms with E-state index in [4.69, 9.17) is 11.6 Å². The zero-order valence-corrected chi connectivity index (χ0v) is 11.7. The average Bonchev–Trinajstić information content (AvgIpc) is 2.85.